The van der Waals surface area contributed by atoms with E-state index in [0.29, 0.717) is 31.1 Å². The summed E-state index contributed by atoms with van der Waals surface area (Å²) in [5.74, 6) is 0.0772. The van der Waals surface area contributed by atoms with E-state index in [1.807, 2.05) is 13.8 Å². The molecule has 3 heteroatoms. The number of esters is 1. The first-order valence-electron chi connectivity index (χ1n) is 4.63. The SMILES string of the molecule is C=C(CCCN)C(=O)OCC(C)C. The molecule has 0 saturated carbocycles. The van der Waals surface area contributed by atoms with Crippen LogP contribution in [-0.2, 0) is 9.53 Å². The second kappa shape index (κ2) is 6.66. The Morgan fingerprint density at radius 3 is 2.62 bits per heavy atom. The summed E-state index contributed by atoms with van der Waals surface area (Å²) >= 11 is 0. The molecule has 0 saturated heterocycles. The van der Waals surface area contributed by atoms with Crippen LogP contribution >= 0.6 is 0 Å². The molecule has 0 radical (unpaired) electrons. The van der Waals surface area contributed by atoms with Crippen molar-refractivity contribution in [1.29, 1.82) is 0 Å². The van der Waals surface area contributed by atoms with Gasteiger partial charge in [-0.15, -0.1) is 0 Å². The van der Waals surface area contributed by atoms with Crippen LogP contribution < -0.4 is 5.73 Å². The average Bonchev–Trinajstić information content (AvgIpc) is 2.10. The number of carbonyl (C=O) groups excluding carboxylic acids is 1. The third-order valence-corrected chi connectivity index (χ3v) is 1.52. The number of ether oxygens (including phenoxy) is 1. The predicted octanol–water partition coefficient (Wildman–Crippen LogP) is 1.48. The summed E-state index contributed by atoms with van der Waals surface area (Å²) in [6.07, 6.45) is 1.42. The van der Waals surface area contributed by atoms with E-state index in [4.69, 9.17) is 10.5 Å². The Labute approximate surface area is 79.9 Å². The molecule has 0 aliphatic carbocycles. The van der Waals surface area contributed by atoms with E-state index in [9.17, 15) is 4.79 Å². The first-order valence-corrected chi connectivity index (χ1v) is 4.63. The maximum Gasteiger partial charge on any atom is 0.333 e. The summed E-state index contributed by atoms with van der Waals surface area (Å²) in [4.78, 5) is 11.2. The van der Waals surface area contributed by atoms with E-state index in [-0.39, 0.29) is 5.97 Å². The minimum Gasteiger partial charge on any atom is -0.462 e. The zero-order valence-electron chi connectivity index (χ0n) is 8.51. The Hall–Kier alpha value is -0.830. The van der Waals surface area contributed by atoms with Crippen molar-refractivity contribution in [2.75, 3.05) is 13.2 Å². The van der Waals surface area contributed by atoms with E-state index < -0.39 is 0 Å². The molecule has 0 rings (SSSR count). The molecule has 0 aromatic heterocycles. The lowest BCUT2D eigenvalue weighted by molar-refractivity contribution is -0.140. The summed E-state index contributed by atoms with van der Waals surface area (Å²) in [7, 11) is 0. The van der Waals surface area contributed by atoms with Crippen molar-refractivity contribution in [3.63, 3.8) is 0 Å². The molecule has 13 heavy (non-hydrogen) atoms. The lowest BCUT2D eigenvalue weighted by atomic mass is 10.1. The Morgan fingerprint density at radius 2 is 2.15 bits per heavy atom. The van der Waals surface area contributed by atoms with Gasteiger partial charge in [-0.3, -0.25) is 0 Å². The highest BCUT2D eigenvalue weighted by Gasteiger charge is 2.08. The zero-order valence-corrected chi connectivity index (χ0v) is 8.51. The van der Waals surface area contributed by atoms with Crippen molar-refractivity contribution in [2.45, 2.75) is 26.7 Å². The maximum absolute atomic E-state index is 11.2. The first-order chi connectivity index (χ1) is 6.07. The van der Waals surface area contributed by atoms with Gasteiger partial charge in [0, 0.05) is 5.57 Å². The van der Waals surface area contributed by atoms with E-state index in [1.54, 1.807) is 0 Å². The maximum atomic E-state index is 11.2. The van der Waals surface area contributed by atoms with Gasteiger partial charge in [0.25, 0.3) is 0 Å². The highest BCUT2D eigenvalue weighted by Crippen LogP contribution is 2.05. The van der Waals surface area contributed by atoms with Crippen molar-refractivity contribution in [3.8, 4) is 0 Å². The second-order valence-corrected chi connectivity index (χ2v) is 3.49. The molecule has 0 aliphatic heterocycles. The van der Waals surface area contributed by atoms with Crippen LogP contribution in [0.4, 0.5) is 0 Å². The molecule has 0 aromatic rings. The molecule has 0 atom stereocenters. The van der Waals surface area contributed by atoms with E-state index in [0.717, 1.165) is 6.42 Å². The summed E-state index contributed by atoms with van der Waals surface area (Å²) < 4.78 is 4.98. The van der Waals surface area contributed by atoms with Gasteiger partial charge >= 0.3 is 5.97 Å². The minimum atomic E-state index is -0.290. The molecular formula is C10H19NO2. The molecule has 0 heterocycles. The van der Waals surface area contributed by atoms with Gasteiger partial charge in [-0.1, -0.05) is 20.4 Å². The predicted molar refractivity (Wildman–Crippen MR) is 53.2 cm³/mol. The van der Waals surface area contributed by atoms with Gasteiger partial charge in [0.05, 0.1) is 6.61 Å². The summed E-state index contributed by atoms with van der Waals surface area (Å²) in [5.41, 5.74) is 5.83. The van der Waals surface area contributed by atoms with Gasteiger partial charge in [0.2, 0.25) is 0 Å². The topological polar surface area (TPSA) is 52.3 Å². The highest BCUT2D eigenvalue weighted by molar-refractivity contribution is 5.87. The standard InChI is InChI=1S/C10H19NO2/c1-8(2)7-13-10(12)9(3)5-4-6-11/h8H,3-7,11H2,1-2H3. The average molecular weight is 185 g/mol. The Balaban J connectivity index is 3.64. The van der Waals surface area contributed by atoms with Crippen molar-refractivity contribution in [3.05, 3.63) is 12.2 Å². The number of rotatable bonds is 6. The Kier molecular flexibility index (Phi) is 6.24. The molecule has 0 fully saturated rings. The fourth-order valence-corrected chi connectivity index (χ4v) is 0.762. The minimum absolute atomic E-state index is 0.290. The summed E-state index contributed by atoms with van der Waals surface area (Å²) in [6.45, 7) is 8.67. The van der Waals surface area contributed by atoms with Gasteiger partial charge in [-0.2, -0.15) is 0 Å². The van der Waals surface area contributed by atoms with Crippen molar-refractivity contribution < 1.29 is 9.53 Å². The molecule has 0 bridgehead atoms. The van der Waals surface area contributed by atoms with Gasteiger partial charge in [-0.05, 0) is 25.3 Å². The quantitative estimate of drug-likeness (QED) is 0.503. The van der Waals surface area contributed by atoms with E-state index >= 15 is 0 Å². The fraction of sp³-hybridized carbons (Fsp3) is 0.700. The molecule has 2 N–H and O–H groups in total. The third-order valence-electron chi connectivity index (χ3n) is 1.52. The summed E-state index contributed by atoms with van der Waals surface area (Å²) in [6, 6.07) is 0. The Morgan fingerprint density at radius 1 is 1.54 bits per heavy atom. The van der Waals surface area contributed by atoms with Crippen LogP contribution in [0.25, 0.3) is 0 Å². The summed E-state index contributed by atoms with van der Waals surface area (Å²) in [5, 5.41) is 0. The van der Waals surface area contributed by atoms with Gasteiger partial charge < -0.3 is 10.5 Å². The molecule has 0 aliphatic rings. The molecule has 76 valence electrons. The largest absolute Gasteiger partial charge is 0.462 e. The number of hydrogen-bond acceptors (Lipinski definition) is 3. The van der Waals surface area contributed by atoms with Crippen LogP contribution in [0, 0.1) is 5.92 Å². The van der Waals surface area contributed by atoms with Crippen LogP contribution in [0.5, 0.6) is 0 Å². The number of carbonyl (C=O) groups is 1. The molecule has 0 amide bonds. The molecule has 0 spiro atoms. The van der Waals surface area contributed by atoms with Gasteiger partial charge in [0.15, 0.2) is 0 Å². The van der Waals surface area contributed by atoms with E-state index in [2.05, 4.69) is 6.58 Å². The van der Waals surface area contributed by atoms with Gasteiger partial charge in [-0.25, -0.2) is 4.79 Å². The molecule has 0 aromatic carbocycles. The lowest BCUT2D eigenvalue weighted by Crippen LogP contribution is -2.12. The van der Waals surface area contributed by atoms with Crippen molar-refractivity contribution in [2.24, 2.45) is 11.7 Å². The first kappa shape index (κ1) is 12.2. The Bertz CT molecular complexity index is 176. The van der Waals surface area contributed by atoms with Crippen LogP contribution in [0.3, 0.4) is 0 Å². The third kappa shape index (κ3) is 6.34. The number of hydrogen-bond donors (Lipinski definition) is 1. The molecule has 3 nitrogen and oxygen atoms in total. The highest BCUT2D eigenvalue weighted by atomic mass is 16.5. The smallest absolute Gasteiger partial charge is 0.333 e. The van der Waals surface area contributed by atoms with Crippen LogP contribution in [-0.4, -0.2) is 19.1 Å². The second-order valence-electron chi connectivity index (χ2n) is 3.49. The van der Waals surface area contributed by atoms with Crippen LogP contribution in [0.15, 0.2) is 12.2 Å². The zero-order chi connectivity index (χ0) is 10.3. The fourth-order valence-electron chi connectivity index (χ4n) is 0.762. The van der Waals surface area contributed by atoms with E-state index in [1.165, 1.54) is 0 Å². The van der Waals surface area contributed by atoms with Gasteiger partial charge in [0.1, 0.15) is 0 Å². The lowest BCUT2D eigenvalue weighted by Gasteiger charge is -2.08. The van der Waals surface area contributed by atoms with Crippen LogP contribution in [0.1, 0.15) is 26.7 Å². The van der Waals surface area contributed by atoms with Crippen LogP contribution in [0.2, 0.25) is 0 Å². The number of nitrogens with two attached hydrogens (primary N) is 1. The molecular weight excluding hydrogens is 166 g/mol. The van der Waals surface area contributed by atoms with Crippen molar-refractivity contribution >= 4 is 5.97 Å². The monoisotopic (exact) mass is 185 g/mol. The van der Waals surface area contributed by atoms with Crippen molar-refractivity contribution in [1.82, 2.24) is 0 Å². The normalized spacial score (nSPS) is 10.2. The molecule has 0 unspecified atom stereocenters.